The van der Waals surface area contributed by atoms with Crippen molar-refractivity contribution in [3.63, 3.8) is 0 Å². The van der Waals surface area contributed by atoms with Crippen molar-refractivity contribution in [1.29, 1.82) is 0 Å². The fourth-order valence-corrected chi connectivity index (χ4v) is 2.23. The molecule has 3 aromatic rings. The van der Waals surface area contributed by atoms with Crippen molar-refractivity contribution in [2.24, 2.45) is 0 Å². The van der Waals surface area contributed by atoms with Gasteiger partial charge in [0.05, 0.1) is 5.38 Å². The minimum atomic E-state index is -0.521. The second-order valence-corrected chi connectivity index (χ2v) is 4.94. The SMILES string of the molecule is CC(Cl)C(=O)c1ccc2c(c1)oc1ccccc12. The van der Waals surface area contributed by atoms with Crippen LogP contribution in [0.4, 0.5) is 0 Å². The number of benzene rings is 2. The van der Waals surface area contributed by atoms with E-state index in [9.17, 15) is 4.79 Å². The lowest BCUT2D eigenvalue weighted by atomic mass is 10.1. The molecule has 0 aliphatic carbocycles. The third-order valence-corrected chi connectivity index (χ3v) is 3.22. The highest BCUT2D eigenvalue weighted by Gasteiger charge is 2.14. The molecule has 2 nitrogen and oxygen atoms in total. The van der Waals surface area contributed by atoms with Crippen LogP contribution >= 0.6 is 11.6 Å². The lowest BCUT2D eigenvalue weighted by Gasteiger charge is -2.01. The molecule has 0 bridgehead atoms. The Morgan fingerprint density at radius 3 is 2.61 bits per heavy atom. The zero-order valence-electron chi connectivity index (χ0n) is 9.81. The number of hydrogen-bond acceptors (Lipinski definition) is 2. The van der Waals surface area contributed by atoms with Crippen LogP contribution in [0.25, 0.3) is 21.9 Å². The average molecular weight is 259 g/mol. The number of fused-ring (bicyclic) bond motifs is 3. The molecule has 3 heteroatoms. The minimum absolute atomic E-state index is 0.0842. The number of carbonyl (C=O) groups is 1. The molecule has 0 saturated heterocycles. The molecular formula is C15H11ClO2. The molecule has 1 heterocycles. The summed E-state index contributed by atoms with van der Waals surface area (Å²) in [6.45, 7) is 1.67. The average Bonchev–Trinajstić information content (AvgIpc) is 2.75. The molecular weight excluding hydrogens is 248 g/mol. The Kier molecular flexibility index (Phi) is 2.60. The van der Waals surface area contributed by atoms with E-state index in [1.165, 1.54) is 0 Å². The van der Waals surface area contributed by atoms with Crippen LogP contribution in [-0.4, -0.2) is 11.2 Å². The zero-order chi connectivity index (χ0) is 12.7. The molecule has 1 aromatic heterocycles. The number of ketones is 1. The van der Waals surface area contributed by atoms with Crippen LogP contribution in [0.3, 0.4) is 0 Å². The highest BCUT2D eigenvalue weighted by Crippen LogP contribution is 2.29. The number of furan rings is 1. The van der Waals surface area contributed by atoms with E-state index >= 15 is 0 Å². The van der Waals surface area contributed by atoms with Gasteiger partial charge >= 0.3 is 0 Å². The first-order valence-corrected chi connectivity index (χ1v) is 6.20. The number of Topliss-reactive ketones (excluding diaryl/α,β-unsaturated/α-hetero) is 1. The third-order valence-electron chi connectivity index (χ3n) is 3.02. The molecule has 0 radical (unpaired) electrons. The van der Waals surface area contributed by atoms with Crippen molar-refractivity contribution in [3.8, 4) is 0 Å². The summed E-state index contributed by atoms with van der Waals surface area (Å²) in [5.74, 6) is -0.0842. The summed E-state index contributed by atoms with van der Waals surface area (Å²) in [5.41, 5.74) is 2.14. The van der Waals surface area contributed by atoms with E-state index in [0.717, 1.165) is 21.9 Å². The van der Waals surface area contributed by atoms with Gasteiger partial charge in [-0.25, -0.2) is 0 Å². The normalized spacial score (nSPS) is 13.0. The van der Waals surface area contributed by atoms with Gasteiger partial charge in [-0.05, 0) is 25.1 Å². The number of rotatable bonds is 2. The van der Waals surface area contributed by atoms with Crippen molar-refractivity contribution in [2.45, 2.75) is 12.3 Å². The fraction of sp³-hybridized carbons (Fsp3) is 0.133. The van der Waals surface area contributed by atoms with Gasteiger partial charge in [-0.3, -0.25) is 4.79 Å². The smallest absolute Gasteiger partial charge is 0.180 e. The maximum absolute atomic E-state index is 11.8. The summed E-state index contributed by atoms with van der Waals surface area (Å²) >= 11 is 5.81. The molecule has 3 rings (SSSR count). The summed E-state index contributed by atoms with van der Waals surface area (Å²) in [5, 5.41) is 1.56. The first-order valence-electron chi connectivity index (χ1n) is 5.76. The maximum Gasteiger partial charge on any atom is 0.180 e. The molecule has 0 saturated carbocycles. The third kappa shape index (κ3) is 1.70. The van der Waals surface area contributed by atoms with E-state index < -0.39 is 5.38 Å². The minimum Gasteiger partial charge on any atom is -0.456 e. The van der Waals surface area contributed by atoms with Crippen LogP contribution in [0.15, 0.2) is 46.9 Å². The summed E-state index contributed by atoms with van der Waals surface area (Å²) in [6.07, 6.45) is 0. The Labute approximate surface area is 109 Å². The standard InChI is InChI=1S/C15H11ClO2/c1-9(16)15(17)10-6-7-12-11-4-2-3-5-13(11)18-14(12)8-10/h2-9H,1H3. The number of hydrogen-bond donors (Lipinski definition) is 0. The van der Waals surface area contributed by atoms with E-state index in [1.54, 1.807) is 19.1 Å². The van der Waals surface area contributed by atoms with Gasteiger partial charge in [0.15, 0.2) is 5.78 Å². The van der Waals surface area contributed by atoms with Gasteiger partial charge in [-0.2, -0.15) is 0 Å². The number of halogens is 1. The number of alkyl halides is 1. The molecule has 0 aliphatic rings. The van der Waals surface area contributed by atoms with E-state index in [1.807, 2.05) is 30.3 Å². The predicted molar refractivity (Wildman–Crippen MR) is 73.4 cm³/mol. The van der Waals surface area contributed by atoms with Gasteiger partial charge in [0.2, 0.25) is 0 Å². The second-order valence-electron chi connectivity index (χ2n) is 4.29. The summed E-state index contributed by atoms with van der Waals surface area (Å²) in [4.78, 5) is 11.8. The highest BCUT2D eigenvalue weighted by atomic mass is 35.5. The Bertz CT molecular complexity index is 740. The lowest BCUT2D eigenvalue weighted by Crippen LogP contribution is -2.09. The van der Waals surface area contributed by atoms with Crippen LogP contribution in [0.2, 0.25) is 0 Å². The fourth-order valence-electron chi connectivity index (χ4n) is 2.11. The summed E-state index contributed by atoms with van der Waals surface area (Å²) in [6, 6.07) is 13.3. The molecule has 1 unspecified atom stereocenters. The highest BCUT2D eigenvalue weighted by molar-refractivity contribution is 6.33. The Hall–Kier alpha value is -1.80. The molecule has 0 aliphatic heterocycles. The predicted octanol–water partition coefficient (Wildman–Crippen LogP) is 4.40. The van der Waals surface area contributed by atoms with E-state index in [0.29, 0.717) is 5.56 Å². The number of para-hydroxylation sites is 1. The maximum atomic E-state index is 11.8. The van der Waals surface area contributed by atoms with Gasteiger partial charge < -0.3 is 4.42 Å². The quantitative estimate of drug-likeness (QED) is 0.504. The van der Waals surface area contributed by atoms with Crippen LogP contribution < -0.4 is 0 Å². The van der Waals surface area contributed by atoms with Crippen LogP contribution in [0.5, 0.6) is 0 Å². The van der Waals surface area contributed by atoms with Crippen LogP contribution in [0, 0.1) is 0 Å². The molecule has 2 aromatic carbocycles. The van der Waals surface area contributed by atoms with Crippen LogP contribution in [0.1, 0.15) is 17.3 Å². The Balaban J connectivity index is 2.24. The van der Waals surface area contributed by atoms with E-state index in [2.05, 4.69) is 0 Å². The first-order chi connectivity index (χ1) is 8.66. The largest absolute Gasteiger partial charge is 0.456 e. The lowest BCUT2D eigenvalue weighted by molar-refractivity contribution is 0.0992. The van der Waals surface area contributed by atoms with Crippen molar-refractivity contribution < 1.29 is 9.21 Å². The van der Waals surface area contributed by atoms with E-state index in [4.69, 9.17) is 16.0 Å². The number of carbonyl (C=O) groups excluding carboxylic acids is 1. The molecule has 0 spiro atoms. The molecule has 1 atom stereocenters. The van der Waals surface area contributed by atoms with Gasteiger partial charge in [-0.1, -0.05) is 24.3 Å². The first kappa shape index (κ1) is 11.3. The van der Waals surface area contributed by atoms with Crippen molar-refractivity contribution in [1.82, 2.24) is 0 Å². The molecule has 90 valence electrons. The molecule has 0 amide bonds. The second kappa shape index (κ2) is 4.14. The van der Waals surface area contributed by atoms with Crippen LogP contribution in [-0.2, 0) is 0 Å². The van der Waals surface area contributed by atoms with Crippen molar-refractivity contribution >= 4 is 39.3 Å². The topological polar surface area (TPSA) is 30.2 Å². The Morgan fingerprint density at radius 2 is 1.83 bits per heavy atom. The van der Waals surface area contributed by atoms with E-state index in [-0.39, 0.29) is 5.78 Å². The van der Waals surface area contributed by atoms with Gasteiger partial charge in [0.25, 0.3) is 0 Å². The molecule has 0 N–H and O–H groups in total. The van der Waals surface area contributed by atoms with Gasteiger partial charge in [0, 0.05) is 16.3 Å². The monoisotopic (exact) mass is 258 g/mol. The van der Waals surface area contributed by atoms with Gasteiger partial charge in [0.1, 0.15) is 11.2 Å². The Morgan fingerprint density at radius 1 is 1.11 bits per heavy atom. The van der Waals surface area contributed by atoms with Crippen molar-refractivity contribution in [2.75, 3.05) is 0 Å². The zero-order valence-corrected chi connectivity index (χ0v) is 10.6. The summed E-state index contributed by atoms with van der Waals surface area (Å²) in [7, 11) is 0. The summed E-state index contributed by atoms with van der Waals surface area (Å²) < 4.78 is 5.73. The van der Waals surface area contributed by atoms with Gasteiger partial charge in [-0.15, -0.1) is 11.6 Å². The molecule has 0 fully saturated rings. The van der Waals surface area contributed by atoms with Crippen molar-refractivity contribution in [3.05, 3.63) is 48.0 Å². The molecule has 18 heavy (non-hydrogen) atoms.